The van der Waals surface area contributed by atoms with Gasteiger partial charge < -0.3 is 4.90 Å². The van der Waals surface area contributed by atoms with Gasteiger partial charge in [0, 0.05) is 19.6 Å². The second-order valence-electron chi connectivity index (χ2n) is 4.54. The van der Waals surface area contributed by atoms with Gasteiger partial charge in [0.2, 0.25) is 5.91 Å². The molecule has 1 aliphatic heterocycles. The molecule has 1 saturated heterocycles. The zero-order valence-corrected chi connectivity index (χ0v) is 10.1. The van der Waals surface area contributed by atoms with Crippen LogP contribution in [-0.2, 0) is 4.79 Å². The van der Waals surface area contributed by atoms with E-state index in [1.165, 1.54) is 12.1 Å². The van der Waals surface area contributed by atoms with Crippen molar-refractivity contribution in [2.75, 3.05) is 13.6 Å². The fraction of sp³-hybridized carbons (Fsp3) is 0.462. The Hall–Kier alpha value is -1.42. The number of likely N-dealkylation sites (tertiary alicyclic amines) is 1. The molecule has 1 heterocycles. The van der Waals surface area contributed by atoms with Crippen LogP contribution in [0.1, 0.15) is 24.9 Å². The van der Waals surface area contributed by atoms with Gasteiger partial charge in [-0.2, -0.15) is 0 Å². The Kier molecular flexibility index (Phi) is 3.43. The molecule has 2 atom stereocenters. The standard InChI is InChI=1S/C13H17FN2O/c1-9(10-4-3-5-11(14)8-10)15-12-6-7-16(2)13(12)17/h3-5,8-9,12,15H,6-7H2,1-2H3. The number of benzene rings is 1. The lowest BCUT2D eigenvalue weighted by Gasteiger charge is -2.18. The van der Waals surface area contributed by atoms with Crippen molar-refractivity contribution in [2.45, 2.75) is 25.4 Å². The summed E-state index contributed by atoms with van der Waals surface area (Å²) in [7, 11) is 1.80. The van der Waals surface area contributed by atoms with Gasteiger partial charge in [-0.3, -0.25) is 10.1 Å². The molecule has 2 unspecified atom stereocenters. The third-order valence-electron chi connectivity index (χ3n) is 3.23. The minimum Gasteiger partial charge on any atom is -0.344 e. The highest BCUT2D eigenvalue weighted by Gasteiger charge is 2.29. The molecule has 3 nitrogen and oxygen atoms in total. The Morgan fingerprint density at radius 3 is 2.88 bits per heavy atom. The number of amides is 1. The number of carbonyl (C=O) groups is 1. The average molecular weight is 236 g/mol. The fourth-order valence-electron chi connectivity index (χ4n) is 2.15. The Labute approximate surface area is 101 Å². The number of rotatable bonds is 3. The summed E-state index contributed by atoms with van der Waals surface area (Å²) in [4.78, 5) is 13.4. The van der Waals surface area contributed by atoms with Crippen LogP contribution in [-0.4, -0.2) is 30.4 Å². The summed E-state index contributed by atoms with van der Waals surface area (Å²) in [6.07, 6.45) is 0.814. The van der Waals surface area contributed by atoms with E-state index in [9.17, 15) is 9.18 Å². The third-order valence-corrected chi connectivity index (χ3v) is 3.23. The Morgan fingerprint density at radius 1 is 1.53 bits per heavy atom. The van der Waals surface area contributed by atoms with Crippen molar-refractivity contribution in [3.8, 4) is 0 Å². The van der Waals surface area contributed by atoms with Crippen molar-refractivity contribution >= 4 is 5.91 Å². The molecule has 1 aromatic carbocycles. The predicted molar refractivity (Wildman–Crippen MR) is 64.0 cm³/mol. The molecule has 17 heavy (non-hydrogen) atoms. The highest BCUT2D eigenvalue weighted by molar-refractivity contribution is 5.83. The first-order chi connectivity index (χ1) is 8.08. The van der Waals surface area contributed by atoms with Gasteiger partial charge in [0.1, 0.15) is 5.82 Å². The molecule has 4 heteroatoms. The predicted octanol–water partition coefficient (Wildman–Crippen LogP) is 1.71. The summed E-state index contributed by atoms with van der Waals surface area (Å²) < 4.78 is 13.1. The largest absolute Gasteiger partial charge is 0.344 e. The van der Waals surface area contributed by atoms with Gasteiger partial charge in [-0.25, -0.2) is 4.39 Å². The Balaban J connectivity index is 2.02. The summed E-state index contributed by atoms with van der Waals surface area (Å²) in [5, 5.41) is 3.24. The van der Waals surface area contributed by atoms with E-state index in [0.29, 0.717) is 0 Å². The van der Waals surface area contributed by atoms with Crippen molar-refractivity contribution in [1.82, 2.24) is 10.2 Å². The third kappa shape index (κ3) is 2.64. The lowest BCUT2D eigenvalue weighted by Crippen LogP contribution is -2.38. The normalized spacial score (nSPS) is 21.9. The zero-order chi connectivity index (χ0) is 12.4. The summed E-state index contributed by atoms with van der Waals surface area (Å²) in [5.74, 6) is -0.126. The van der Waals surface area contributed by atoms with E-state index in [2.05, 4.69) is 5.32 Å². The number of likely N-dealkylation sites (N-methyl/N-ethyl adjacent to an activating group) is 1. The molecule has 1 aliphatic rings. The average Bonchev–Trinajstić information content (AvgIpc) is 2.61. The molecule has 92 valence electrons. The second-order valence-corrected chi connectivity index (χ2v) is 4.54. The van der Waals surface area contributed by atoms with Crippen molar-refractivity contribution < 1.29 is 9.18 Å². The number of halogens is 1. The van der Waals surface area contributed by atoms with Gasteiger partial charge in [-0.1, -0.05) is 12.1 Å². The number of hydrogen-bond acceptors (Lipinski definition) is 2. The van der Waals surface area contributed by atoms with E-state index in [1.54, 1.807) is 18.0 Å². The maximum atomic E-state index is 13.1. The zero-order valence-electron chi connectivity index (χ0n) is 10.1. The number of hydrogen-bond donors (Lipinski definition) is 1. The number of nitrogens with zero attached hydrogens (tertiary/aromatic N) is 1. The molecule has 1 fully saturated rings. The molecule has 0 radical (unpaired) electrons. The van der Waals surface area contributed by atoms with Gasteiger partial charge in [-0.15, -0.1) is 0 Å². The minimum atomic E-state index is -0.244. The molecule has 0 aromatic heterocycles. The van der Waals surface area contributed by atoms with Crippen LogP contribution in [0.3, 0.4) is 0 Å². The van der Waals surface area contributed by atoms with Crippen LogP contribution < -0.4 is 5.32 Å². The molecular weight excluding hydrogens is 219 g/mol. The first kappa shape index (κ1) is 12.0. The summed E-state index contributed by atoms with van der Waals surface area (Å²) in [6.45, 7) is 2.73. The van der Waals surface area contributed by atoms with Crippen LogP contribution in [0.15, 0.2) is 24.3 Å². The van der Waals surface area contributed by atoms with Crippen LogP contribution in [0, 0.1) is 5.82 Å². The number of nitrogens with one attached hydrogen (secondary N) is 1. The van der Waals surface area contributed by atoms with Crippen LogP contribution in [0.4, 0.5) is 4.39 Å². The monoisotopic (exact) mass is 236 g/mol. The molecule has 0 bridgehead atoms. The van der Waals surface area contributed by atoms with Crippen molar-refractivity contribution in [1.29, 1.82) is 0 Å². The first-order valence-electron chi connectivity index (χ1n) is 5.84. The van der Waals surface area contributed by atoms with Crippen molar-refractivity contribution in [3.05, 3.63) is 35.6 Å². The quantitative estimate of drug-likeness (QED) is 0.866. The maximum Gasteiger partial charge on any atom is 0.239 e. The van der Waals surface area contributed by atoms with Gasteiger partial charge in [0.15, 0.2) is 0 Å². The van der Waals surface area contributed by atoms with Crippen LogP contribution in [0.25, 0.3) is 0 Å². The van der Waals surface area contributed by atoms with E-state index in [0.717, 1.165) is 18.5 Å². The van der Waals surface area contributed by atoms with Crippen molar-refractivity contribution in [3.63, 3.8) is 0 Å². The SMILES string of the molecule is CC(NC1CCN(C)C1=O)c1cccc(F)c1. The lowest BCUT2D eigenvalue weighted by molar-refractivity contribution is -0.128. The molecule has 0 spiro atoms. The topological polar surface area (TPSA) is 32.3 Å². The smallest absolute Gasteiger partial charge is 0.239 e. The van der Waals surface area contributed by atoms with Crippen LogP contribution >= 0.6 is 0 Å². The highest BCUT2D eigenvalue weighted by Crippen LogP contribution is 2.17. The Morgan fingerprint density at radius 2 is 2.29 bits per heavy atom. The van der Waals surface area contributed by atoms with E-state index in [-0.39, 0.29) is 23.8 Å². The lowest BCUT2D eigenvalue weighted by atomic mass is 10.1. The fourth-order valence-corrected chi connectivity index (χ4v) is 2.15. The van der Waals surface area contributed by atoms with E-state index >= 15 is 0 Å². The molecular formula is C13H17FN2O. The molecule has 1 amide bonds. The number of carbonyl (C=O) groups excluding carboxylic acids is 1. The van der Waals surface area contributed by atoms with Gasteiger partial charge in [0.25, 0.3) is 0 Å². The second kappa shape index (κ2) is 4.84. The van der Waals surface area contributed by atoms with Crippen molar-refractivity contribution in [2.24, 2.45) is 0 Å². The molecule has 1 N–H and O–H groups in total. The Bertz CT molecular complexity index is 422. The van der Waals surface area contributed by atoms with E-state index in [4.69, 9.17) is 0 Å². The van der Waals surface area contributed by atoms with Gasteiger partial charge in [-0.05, 0) is 31.0 Å². The minimum absolute atomic E-state index is 0.0221. The molecule has 0 aliphatic carbocycles. The highest BCUT2D eigenvalue weighted by atomic mass is 19.1. The van der Waals surface area contributed by atoms with Crippen LogP contribution in [0.5, 0.6) is 0 Å². The van der Waals surface area contributed by atoms with E-state index < -0.39 is 0 Å². The molecule has 0 saturated carbocycles. The molecule has 2 rings (SSSR count). The van der Waals surface area contributed by atoms with Gasteiger partial charge >= 0.3 is 0 Å². The summed E-state index contributed by atoms with van der Waals surface area (Å²) >= 11 is 0. The molecule has 1 aromatic rings. The van der Waals surface area contributed by atoms with E-state index in [1.807, 2.05) is 13.0 Å². The maximum absolute atomic E-state index is 13.1. The summed E-state index contributed by atoms with van der Waals surface area (Å²) in [5.41, 5.74) is 0.868. The first-order valence-corrected chi connectivity index (χ1v) is 5.84. The summed E-state index contributed by atoms with van der Waals surface area (Å²) in [6, 6.07) is 6.31. The van der Waals surface area contributed by atoms with Crippen LogP contribution in [0.2, 0.25) is 0 Å². The van der Waals surface area contributed by atoms with Gasteiger partial charge in [0.05, 0.1) is 6.04 Å².